The van der Waals surface area contributed by atoms with Crippen LogP contribution in [0.2, 0.25) is 0 Å². The van der Waals surface area contributed by atoms with Crippen molar-refractivity contribution in [3.05, 3.63) is 29.8 Å². The minimum absolute atomic E-state index is 0.0182. The van der Waals surface area contributed by atoms with Gasteiger partial charge in [-0.3, -0.25) is 4.79 Å². The highest BCUT2D eigenvalue weighted by atomic mass is 16.5. The van der Waals surface area contributed by atoms with Gasteiger partial charge in [0.05, 0.1) is 0 Å². The van der Waals surface area contributed by atoms with Crippen LogP contribution >= 0.6 is 0 Å². The maximum atomic E-state index is 11.5. The summed E-state index contributed by atoms with van der Waals surface area (Å²) in [5, 5.41) is 4.04. The SMILES string of the molecule is CCC(CC)=NNC(=O)COc1ccc(CC)cc1. The van der Waals surface area contributed by atoms with E-state index in [0.717, 1.165) is 25.0 Å². The predicted octanol–water partition coefficient (Wildman–Crippen LogP) is 2.92. The Morgan fingerprint density at radius 2 is 1.79 bits per heavy atom. The molecule has 0 fully saturated rings. The van der Waals surface area contributed by atoms with E-state index >= 15 is 0 Å². The molecule has 1 aromatic rings. The third-order valence-corrected chi connectivity index (χ3v) is 2.86. The van der Waals surface area contributed by atoms with Crippen LogP contribution in [0.3, 0.4) is 0 Å². The number of ether oxygens (including phenoxy) is 1. The molecule has 0 bridgehead atoms. The third-order valence-electron chi connectivity index (χ3n) is 2.86. The number of amides is 1. The highest BCUT2D eigenvalue weighted by Gasteiger charge is 2.02. The lowest BCUT2D eigenvalue weighted by molar-refractivity contribution is -0.123. The van der Waals surface area contributed by atoms with Crippen LogP contribution in [0.1, 0.15) is 39.2 Å². The summed E-state index contributed by atoms with van der Waals surface area (Å²) in [5.41, 5.74) is 4.72. The molecular weight excluding hydrogens is 240 g/mol. The van der Waals surface area contributed by atoms with Crippen molar-refractivity contribution in [3.8, 4) is 5.75 Å². The van der Waals surface area contributed by atoms with Crippen molar-refractivity contribution >= 4 is 11.6 Å². The first-order valence-electron chi connectivity index (χ1n) is 6.75. The lowest BCUT2D eigenvalue weighted by Gasteiger charge is -2.06. The number of carbonyl (C=O) groups is 1. The van der Waals surface area contributed by atoms with Crippen LogP contribution in [0.5, 0.6) is 5.75 Å². The van der Waals surface area contributed by atoms with Gasteiger partial charge >= 0.3 is 0 Å². The van der Waals surface area contributed by atoms with Gasteiger partial charge in [-0.15, -0.1) is 0 Å². The molecule has 1 amide bonds. The van der Waals surface area contributed by atoms with Gasteiger partial charge in [-0.05, 0) is 37.0 Å². The van der Waals surface area contributed by atoms with Gasteiger partial charge in [-0.1, -0.05) is 32.9 Å². The number of benzene rings is 1. The zero-order valence-electron chi connectivity index (χ0n) is 11.9. The summed E-state index contributed by atoms with van der Waals surface area (Å²) in [5.74, 6) is 0.460. The molecule has 0 aliphatic heterocycles. The second kappa shape index (κ2) is 8.29. The van der Waals surface area contributed by atoms with Crippen molar-refractivity contribution in [2.45, 2.75) is 40.0 Å². The fraction of sp³-hybridized carbons (Fsp3) is 0.467. The molecule has 1 N–H and O–H groups in total. The topological polar surface area (TPSA) is 50.7 Å². The molecule has 0 aromatic heterocycles. The van der Waals surface area contributed by atoms with Crippen LogP contribution in [0.25, 0.3) is 0 Å². The molecule has 104 valence electrons. The van der Waals surface area contributed by atoms with E-state index in [0.29, 0.717) is 5.75 Å². The van der Waals surface area contributed by atoms with E-state index in [1.807, 2.05) is 38.1 Å². The Bertz CT molecular complexity index is 418. The van der Waals surface area contributed by atoms with E-state index < -0.39 is 0 Å². The number of hydrogen-bond acceptors (Lipinski definition) is 3. The maximum Gasteiger partial charge on any atom is 0.277 e. The summed E-state index contributed by atoms with van der Waals surface area (Å²) in [7, 11) is 0. The first-order chi connectivity index (χ1) is 9.19. The molecular formula is C15H22N2O2. The average molecular weight is 262 g/mol. The molecule has 0 unspecified atom stereocenters. The summed E-state index contributed by atoms with van der Waals surface area (Å²) >= 11 is 0. The smallest absolute Gasteiger partial charge is 0.277 e. The number of hydrogen-bond donors (Lipinski definition) is 1. The van der Waals surface area contributed by atoms with Crippen LogP contribution < -0.4 is 10.2 Å². The fourth-order valence-electron chi connectivity index (χ4n) is 1.55. The largest absolute Gasteiger partial charge is 0.484 e. The van der Waals surface area contributed by atoms with Gasteiger partial charge < -0.3 is 4.74 Å². The quantitative estimate of drug-likeness (QED) is 0.606. The van der Waals surface area contributed by atoms with Gasteiger partial charge in [0.15, 0.2) is 6.61 Å². The number of carbonyl (C=O) groups excluding carboxylic acids is 1. The molecule has 0 spiro atoms. The normalized spacial score (nSPS) is 9.84. The average Bonchev–Trinajstić information content (AvgIpc) is 2.46. The molecule has 0 atom stereocenters. The molecule has 4 heteroatoms. The number of nitrogens with zero attached hydrogens (tertiary/aromatic N) is 1. The Hall–Kier alpha value is -1.84. The molecule has 0 saturated heterocycles. The summed E-state index contributed by atoms with van der Waals surface area (Å²) < 4.78 is 5.39. The molecule has 0 aliphatic rings. The van der Waals surface area contributed by atoms with Gasteiger partial charge in [-0.25, -0.2) is 5.43 Å². The van der Waals surface area contributed by atoms with E-state index in [1.54, 1.807) is 0 Å². The van der Waals surface area contributed by atoms with Gasteiger partial charge in [-0.2, -0.15) is 5.10 Å². The van der Waals surface area contributed by atoms with E-state index in [4.69, 9.17) is 4.74 Å². The van der Waals surface area contributed by atoms with Gasteiger partial charge in [0, 0.05) is 5.71 Å². The van der Waals surface area contributed by atoms with Crippen LogP contribution in [0, 0.1) is 0 Å². The summed E-state index contributed by atoms with van der Waals surface area (Å²) in [6.45, 7) is 6.11. The summed E-state index contributed by atoms with van der Waals surface area (Å²) in [4.78, 5) is 11.5. The van der Waals surface area contributed by atoms with Crippen molar-refractivity contribution in [1.82, 2.24) is 5.43 Å². The molecule has 1 rings (SSSR count). The lowest BCUT2D eigenvalue weighted by atomic mass is 10.2. The summed E-state index contributed by atoms with van der Waals surface area (Å²) in [6, 6.07) is 7.74. The lowest BCUT2D eigenvalue weighted by Crippen LogP contribution is -2.25. The first kappa shape index (κ1) is 15.2. The zero-order valence-corrected chi connectivity index (χ0v) is 11.9. The molecule has 0 heterocycles. The minimum Gasteiger partial charge on any atom is -0.484 e. The van der Waals surface area contributed by atoms with Crippen molar-refractivity contribution in [2.75, 3.05) is 6.61 Å². The maximum absolute atomic E-state index is 11.5. The Kier molecular flexibility index (Phi) is 6.64. The fourth-order valence-corrected chi connectivity index (χ4v) is 1.55. The van der Waals surface area contributed by atoms with Crippen molar-refractivity contribution in [1.29, 1.82) is 0 Å². The van der Waals surface area contributed by atoms with E-state index in [-0.39, 0.29) is 12.5 Å². The third kappa shape index (κ3) is 5.55. The van der Waals surface area contributed by atoms with Crippen molar-refractivity contribution in [2.24, 2.45) is 5.10 Å². The Labute approximate surface area is 114 Å². The number of nitrogens with one attached hydrogen (secondary N) is 1. The monoisotopic (exact) mass is 262 g/mol. The standard InChI is InChI=1S/C15H22N2O2/c1-4-12-7-9-14(10-8-12)19-11-15(18)17-16-13(5-2)6-3/h7-10H,4-6,11H2,1-3H3,(H,17,18). The summed E-state index contributed by atoms with van der Waals surface area (Å²) in [6.07, 6.45) is 2.68. The van der Waals surface area contributed by atoms with Crippen LogP contribution in [-0.4, -0.2) is 18.2 Å². The second-order valence-corrected chi connectivity index (χ2v) is 4.21. The number of aryl methyl sites for hydroxylation is 1. The Morgan fingerprint density at radius 3 is 2.32 bits per heavy atom. The molecule has 0 aliphatic carbocycles. The predicted molar refractivity (Wildman–Crippen MR) is 77.5 cm³/mol. The Morgan fingerprint density at radius 1 is 1.16 bits per heavy atom. The molecule has 19 heavy (non-hydrogen) atoms. The first-order valence-corrected chi connectivity index (χ1v) is 6.75. The van der Waals surface area contributed by atoms with E-state index in [1.165, 1.54) is 5.56 Å². The van der Waals surface area contributed by atoms with Crippen molar-refractivity contribution in [3.63, 3.8) is 0 Å². The van der Waals surface area contributed by atoms with Crippen LogP contribution in [-0.2, 0) is 11.2 Å². The van der Waals surface area contributed by atoms with Crippen molar-refractivity contribution < 1.29 is 9.53 Å². The molecule has 1 aromatic carbocycles. The molecule has 0 radical (unpaired) electrons. The van der Waals surface area contributed by atoms with Gasteiger partial charge in [0.2, 0.25) is 0 Å². The zero-order chi connectivity index (χ0) is 14.1. The molecule has 4 nitrogen and oxygen atoms in total. The number of hydrazone groups is 1. The second-order valence-electron chi connectivity index (χ2n) is 4.21. The van der Waals surface area contributed by atoms with E-state index in [2.05, 4.69) is 17.5 Å². The van der Waals surface area contributed by atoms with Gasteiger partial charge in [0.1, 0.15) is 5.75 Å². The minimum atomic E-state index is -0.237. The van der Waals surface area contributed by atoms with E-state index in [9.17, 15) is 4.79 Å². The van der Waals surface area contributed by atoms with Gasteiger partial charge in [0.25, 0.3) is 5.91 Å². The van der Waals surface area contributed by atoms with Crippen LogP contribution in [0.15, 0.2) is 29.4 Å². The highest BCUT2D eigenvalue weighted by Crippen LogP contribution is 2.12. The molecule has 0 saturated carbocycles. The van der Waals surface area contributed by atoms with Crippen LogP contribution in [0.4, 0.5) is 0 Å². The Balaban J connectivity index is 2.39. The number of rotatable bonds is 7. The highest BCUT2D eigenvalue weighted by molar-refractivity contribution is 5.86.